The number of rotatable bonds is 4. The van der Waals surface area contributed by atoms with Gasteiger partial charge in [-0.25, -0.2) is 4.98 Å². The Morgan fingerprint density at radius 2 is 1.83 bits per heavy atom. The van der Waals surface area contributed by atoms with Gasteiger partial charge in [0, 0.05) is 5.02 Å². The molecule has 5 aromatic rings. The molecule has 0 fully saturated rings. The number of hydrogen-bond acceptors (Lipinski definition) is 6. The van der Waals surface area contributed by atoms with E-state index in [1.54, 1.807) is 35.2 Å². The molecule has 1 amide bonds. The van der Waals surface area contributed by atoms with Crippen LogP contribution in [0.15, 0.2) is 75.9 Å². The Bertz CT molecular complexity index is 1670. The summed E-state index contributed by atoms with van der Waals surface area (Å²) in [5.74, 6) is 0.346. The minimum absolute atomic E-state index is 0.0270. The zero-order valence-corrected chi connectivity index (χ0v) is 20.4. The van der Waals surface area contributed by atoms with Gasteiger partial charge >= 0.3 is 0 Å². The van der Waals surface area contributed by atoms with Gasteiger partial charge < -0.3 is 9.15 Å². The van der Waals surface area contributed by atoms with Crippen LogP contribution in [-0.2, 0) is 0 Å². The van der Waals surface area contributed by atoms with Crippen LogP contribution in [0.5, 0.6) is 5.75 Å². The quantitative estimate of drug-likeness (QED) is 0.277. The summed E-state index contributed by atoms with van der Waals surface area (Å²) in [4.78, 5) is 33.6. The van der Waals surface area contributed by atoms with Crippen molar-refractivity contribution in [3.63, 3.8) is 0 Å². The molecule has 35 heavy (non-hydrogen) atoms. The fourth-order valence-electron chi connectivity index (χ4n) is 4.42. The molecule has 0 spiro atoms. The Morgan fingerprint density at radius 3 is 2.60 bits per heavy atom. The monoisotopic (exact) mass is 502 g/mol. The molecule has 1 aliphatic rings. The second-order valence-corrected chi connectivity index (χ2v) is 10.0. The maximum atomic E-state index is 13.7. The van der Waals surface area contributed by atoms with Crippen molar-refractivity contribution >= 4 is 55.2 Å². The number of carbonyl (C=O) groups excluding carboxylic acids is 1. The number of ether oxygens (including phenoxy) is 1. The van der Waals surface area contributed by atoms with E-state index >= 15 is 0 Å². The number of hydrogen-bond donors (Lipinski definition) is 0. The number of para-hydroxylation sites is 1. The highest BCUT2D eigenvalue weighted by Gasteiger charge is 2.45. The lowest BCUT2D eigenvalue weighted by molar-refractivity contribution is 0.0971. The molecule has 6 nitrogen and oxygen atoms in total. The maximum Gasteiger partial charge on any atom is 0.297 e. The van der Waals surface area contributed by atoms with E-state index < -0.39 is 11.9 Å². The van der Waals surface area contributed by atoms with Crippen LogP contribution in [-0.4, -0.2) is 17.0 Å². The van der Waals surface area contributed by atoms with E-state index in [0.717, 1.165) is 15.8 Å². The molecule has 0 unspecified atom stereocenters. The molecular weight excluding hydrogens is 484 g/mol. The number of halogens is 1. The van der Waals surface area contributed by atoms with Gasteiger partial charge in [-0.05, 0) is 61.9 Å². The third kappa shape index (κ3) is 3.59. The molecule has 8 heteroatoms. The molecule has 1 atom stereocenters. The lowest BCUT2D eigenvalue weighted by Crippen LogP contribution is -2.29. The maximum absolute atomic E-state index is 13.7. The number of fused-ring (bicyclic) bond motifs is 3. The van der Waals surface area contributed by atoms with Crippen LogP contribution < -0.4 is 15.1 Å². The number of anilines is 1. The molecule has 0 saturated carbocycles. The smallest absolute Gasteiger partial charge is 0.297 e. The lowest BCUT2D eigenvalue weighted by Gasteiger charge is -2.22. The van der Waals surface area contributed by atoms with Gasteiger partial charge in [-0.1, -0.05) is 47.2 Å². The second-order valence-electron chi connectivity index (χ2n) is 8.59. The van der Waals surface area contributed by atoms with Crippen LogP contribution >= 0.6 is 22.9 Å². The van der Waals surface area contributed by atoms with Crippen LogP contribution in [0.25, 0.3) is 21.2 Å². The average molecular weight is 503 g/mol. The predicted octanol–water partition coefficient (Wildman–Crippen LogP) is 6.59. The summed E-state index contributed by atoms with van der Waals surface area (Å²) in [5, 5.41) is 1.49. The number of thiazole rings is 1. The fraction of sp³-hybridized carbons (Fsp3) is 0.148. The molecule has 1 aliphatic heterocycles. The molecule has 174 valence electrons. The first-order valence-corrected chi connectivity index (χ1v) is 12.3. The Balaban J connectivity index is 1.57. The van der Waals surface area contributed by atoms with Gasteiger partial charge in [-0.3, -0.25) is 14.5 Å². The van der Waals surface area contributed by atoms with Crippen LogP contribution in [0.1, 0.15) is 41.6 Å². The minimum Gasteiger partial charge on any atom is -0.491 e. The summed E-state index contributed by atoms with van der Waals surface area (Å²) in [6.45, 7) is 3.91. The van der Waals surface area contributed by atoms with Crippen molar-refractivity contribution in [2.24, 2.45) is 0 Å². The van der Waals surface area contributed by atoms with Crippen molar-refractivity contribution in [2.45, 2.75) is 26.0 Å². The largest absolute Gasteiger partial charge is 0.491 e. The summed E-state index contributed by atoms with van der Waals surface area (Å²) in [7, 11) is 0. The van der Waals surface area contributed by atoms with Gasteiger partial charge in [0.25, 0.3) is 5.91 Å². The molecule has 2 aromatic heterocycles. The first kappa shape index (κ1) is 21.8. The minimum atomic E-state index is -0.692. The molecule has 3 aromatic carbocycles. The van der Waals surface area contributed by atoms with Crippen molar-refractivity contribution in [3.05, 3.63) is 98.9 Å². The van der Waals surface area contributed by atoms with E-state index in [1.165, 1.54) is 11.3 Å². The first-order valence-electron chi connectivity index (χ1n) is 11.1. The van der Waals surface area contributed by atoms with Crippen LogP contribution in [0, 0.1) is 0 Å². The standard InChI is InChI=1S/C27H19ClN2O4S/c1-14(2)33-17-10-7-15(8-11-17)23-22-24(31)18-5-3-4-6-20(18)34-25(22)26(32)30(23)27-29-19-12-9-16(28)13-21(19)35-27/h3-14,23H,1-2H3/t23-/m0/s1. The molecular formula is C27H19ClN2O4S. The lowest BCUT2D eigenvalue weighted by atomic mass is 9.98. The highest BCUT2D eigenvalue weighted by molar-refractivity contribution is 7.22. The molecule has 0 aliphatic carbocycles. The van der Waals surface area contributed by atoms with E-state index in [1.807, 2.05) is 50.2 Å². The van der Waals surface area contributed by atoms with Gasteiger partial charge in [0.2, 0.25) is 5.76 Å². The van der Waals surface area contributed by atoms with Gasteiger partial charge in [0.1, 0.15) is 11.3 Å². The molecule has 0 radical (unpaired) electrons. The van der Waals surface area contributed by atoms with Crippen LogP contribution in [0.3, 0.4) is 0 Å². The van der Waals surface area contributed by atoms with Gasteiger partial charge in [0.05, 0.1) is 33.3 Å². The summed E-state index contributed by atoms with van der Waals surface area (Å²) in [6, 6.07) is 19.1. The zero-order valence-electron chi connectivity index (χ0n) is 18.8. The second kappa shape index (κ2) is 8.22. The average Bonchev–Trinajstić information content (AvgIpc) is 3.37. The number of carbonyl (C=O) groups is 1. The van der Waals surface area contributed by atoms with E-state index in [-0.39, 0.29) is 17.3 Å². The zero-order chi connectivity index (χ0) is 24.3. The SMILES string of the molecule is CC(C)Oc1ccc([C@H]2c3c(oc4ccccc4c3=O)C(=O)N2c2nc3ccc(Cl)cc3s2)cc1. The summed E-state index contributed by atoms with van der Waals surface area (Å²) in [6.07, 6.45) is 0.0270. The Hall–Kier alpha value is -3.68. The Labute approximate surface area is 209 Å². The normalized spacial score (nSPS) is 15.4. The summed E-state index contributed by atoms with van der Waals surface area (Å²) < 4.78 is 12.6. The summed E-state index contributed by atoms with van der Waals surface area (Å²) >= 11 is 7.52. The van der Waals surface area contributed by atoms with Crippen molar-refractivity contribution in [1.82, 2.24) is 4.98 Å². The van der Waals surface area contributed by atoms with Crippen molar-refractivity contribution in [2.75, 3.05) is 4.90 Å². The third-order valence-corrected chi connectivity index (χ3v) is 7.14. The van der Waals surface area contributed by atoms with E-state index in [2.05, 4.69) is 0 Å². The summed E-state index contributed by atoms with van der Waals surface area (Å²) in [5.41, 5.74) is 1.94. The number of amides is 1. The van der Waals surface area contributed by atoms with Crippen molar-refractivity contribution in [3.8, 4) is 5.75 Å². The predicted molar refractivity (Wildman–Crippen MR) is 138 cm³/mol. The number of aromatic nitrogens is 1. The molecule has 0 bridgehead atoms. The third-order valence-electron chi connectivity index (χ3n) is 5.89. The molecule has 6 rings (SSSR count). The van der Waals surface area contributed by atoms with E-state index in [4.69, 9.17) is 25.7 Å². The topological polar surface area (TPSA) is 72.6 Å². The van der Waals surface area contributed by atoms with Gasteiger partial charge in [-0.2, -0.15) is 0 Å². The molecule has 3 heterocycles. The van der Waals surface area contributed by atoms with E-state index in [9.17, 15) is 9.59 Å². The molecule has 0 N–H and O–H groups in total. The highest BCUT2D eigenvalue weighted by Crippen LogP contribution is 2.44. The fourth-order valence-corrected chi connectivity index (χ4v) is 5.69. The highest BCUT2D eigenvalue weighted by atomic mass is 35.5. The Kier molecular flexibility index (Phi) is 5.12. The number of benzene rings is 3. The van der Waals surface area contributed by atoms with Crippen LogP contribution in [0.2, 0.25) is 5.02 Å². The Morgan fingerprint density at radius 1 is 1.06 bits per heavy atom. The van der Waals surface area contributed by atoms with Crippen molar-refractivity contribution in [1.29, 1.82) is 0 Å². The van der Waals surface area contributed by atoms with Crippen LogP contribution in [0.4, 0.5) is 5.13 Å². The van der Waals surface area contributed by atoms with Crippen molar-refractivity contribution < 1.29 is 13.9 Å². The van der Waals surface area contributed by atoms with Gasteiger partial charge in [0.15, 0.2) is 10.6 Å². The van der Waals surface area contributed by atoms with E-state index in [0.29, 0.717) is 32.4 Å². The first-order chi connectivity index (χ1) is 16.9. The molecule has 0 saturated heterocycles. The number of nitrogens with zero attached hydrogens (tertiary/aromatic N) is 2. The van der Waals surface area contributed by atoms with Gasteiger partial charge in [-0.15, -0.1) is 0 Å².